The highest BCUT2D eigenvalue weighted by Crippen LogP contribution is 2.28. The first kappa shape index (κ1) is 13.9. The second-order valence-corrected chi connectivity index (χ2v) is 3.73. The number of hydrogen-bond acceptors (Lipinski definition) is 3. The van der Waals surface area contributed by atoms with Gasteiger partial charge in [0, 0.05) is 12.3 Å². The first-order chi connectivity index (χ1) is 9.44. The molecule has 0 unspecified atom stereocenters. The van der Waals surface area contributed by atoms with E-state index in [9.17, 15) is 13.2 Å². The van der Waals surface area contributed by atoms with E-state index in [2.05, 4.69) is 28.1 Å². The van der Waals surface area contributed by atoms with E-state index in [1.54, 1.807) is 6.07 Å². The minimum Gasteiger partial charge on any atom is -0.406 e. The molecule has 20 heavy (non-hydrogen) atoms. The third-order valence-electron chi connectivity index (χ3n) is 2.45. The molecule has 0 atom stereocenters. The SMILES string of the molecule is C=Cc1ncc(-c2cccc(OC(F)(F)F)c2)n1N=C. The molecule has 0 amide bonds. The third kappa shape index (κ3) is 2.87. The van der Waals surface area contributed by atoms with Crippen molar-refractivity contribution >= 4 is 12.8 Å². The van der Waals surface area contributed by atoms with E-state index in [4.69, 9.17) is 0 Å². The largest absolute Gasteiger partial charge is 0.573 e. The second kappa shape index (κ2) is 5.20. The molecule has 2 rings (SSSR count). The van der Waals surface area contributed by atoms with Crippen LogP contribution in [0, 0.1) is 0 Å². The maximum absolute atomic E-state index is 12.2. The van der Waals surface area contributed by atoms with Gasteiger partial charge in [-0.15, -0.1) is 13.2 Å². The Kier molecular flexibility index (Phi) is 3.60. The highest BCUT2D eigenvalue weighted by Gasteiger charge is 2.31. The van der Waals surface area contributed by atoms with Crippen LogP contribution in [0.5, 0.6) is 5.75 Å². The fourth-order valence-electron chi connectivity index (χ4n) is 1.70. The summed E-state index contributed by atoms with van der Waals surface area (Å²) < 4.78 is 41.8. The number of benzene rings is 1. The molecular formula is C13H10F3N3O. The van der Waals surface area contributed by atoms with Gasteiger partial charge >= 0.3 is 6.36 Å². The van der Waals surface area contributed by atoms with Gasteiger partial charge in [-0.05, 0) is 18.2 Å². The van der Waals surface area contributed by atoms with Crippen molar-refractivity contribution in [2.75, 3.05) is 0 Å². The molecule has 7 heteroatoms. The lowest BCUT2D eigenvalue weighted by molar-refractivity contribution is -0.274. The zero-order chi connectivity index (χ0) is 14.8. The summed E-state index contributed by atoms with van der Waals surface area (Å²) in [6.45, 7) is 6.96. The standard InChI is InChI=1S/C13H10F3N3O/c1-3-12-18-8-11(19(12)17-2)9-5-4-6-10(7-9)20-13(14,15)16/h3-8H,1-2H2. The van der Waals surface area contributed by atoms with E-state index in [0.29, 0.717) is 17.1 Å². The zero-order valence-corrected chi connectivity index (χ0v) is 10.3. The molecule has 0 aliphatic carbocycles. The van der Waals surface area contributed by atoms with Gasteiger partial charge in [-0.1, -0.05) is 18.7 Å². The molecular weight excluding hydrogens is 271 g/mol. The molecule has 0 bridgehead atoms. The Hall–Kier alpha value is -2.57. The maximum Gasteiger partial charge on any atom is 0.573 e. The van der Waals surface area contributed by atoms with E-state index in [1.807, 2.05) is 0 Å². The quantitative estimate of drug-likeness (QED) is 0.804. The lowest BCUT2D eigenvalue weighted by Crippen LogP contribution is -2.17. The molecule has 0 aliphatic rings. The molecule has 0 saturated carbocycles. The van der Waals surface area contributed by atoms with Crippen LogP contribution in [0.25, 0.3) is 17.3 Å². The molecule has 0 fully saturated rings. The second-order valence-electron chi connectivity index (χ2n) is 3.73. The Bertz CT molecular complexity index is 647. The van der Waals surface area contributed by atoms with E-state index < -0.39 is 6.36 Å². The van der Waals surface area contributed by atoms with Gasteiger partial charge in [0.25, 0.3) is 0 Å². The average molecular weight is 281 g/mol. The average Bonchev–Trinajstić information content (AvgIpc) is 2.79. The number of halogens is 3. The molecule has 1 heterocycles. The first-order valence-electron chi connectivity index (χ1n) is 5.48. The smallest absolute Gasteiger partial charge is 0.406 e. The number of alkyl halides is 3. The van der Waals surface area contributed by atoms with Crippen molar-refractivity contribution in [1.29, 1.82) is 0 Å². The van der Waals surface area contributed by atoms with Crippen LogP contribution in [0.15, 0.2) is 42.1 Å². The van der Waals surface area contributed by atoms with Gasteiger partial charge in [0.1, 0.15) is 5.75 Å². The normalized spacial score (nSPS) is 11.2. The first-order valence-corrected chi connectivity index (χ1v) is 5.48. The van der Waals surface area contributed by atoms with Crippen molar-refractivity contribution in [2.24, 2.45) is 5.10 Å². The van der Waals surface area contributed by atoms with Crippen LogP contribution in [0.1, 0.15) is 5.82 Å². The maximum atomic E-state index is 12.2. The predicted octanol–water partition coefficient (Wildman–Crippen LogP) is 3.56. The van der Waals surface area contributed by atoms with E-state index in [0.717, 1.165) is 0 Å². The number of aromatic nitrogens is 2. The highest BCUT2D eigenvalue weighted by molar-refractivity contribution is 5.63. The summed E-state index contributed by atoms with van der Waals surface area (Å²) in [6.07, 6.45) is -1.80. The van der Waals surface area contributed by atoms with E-state index >= 15 is 0 Å². The van der Waals surface area contributed by atoms with Gasteiger partial charge < -0.3 is 4.74 Å². The monoisotopic (exact) mass is 281 g/mol. The number of ether oxygens (including phenoxy) is 1. The summed E-state index contributed by atoms with van der Waals surface area (Å²) in [4.78, 5) is 4.03. The Morgan fingerprint density at radius 2 is 2.10 bits per heavy atom. The van der Waals surface area contributed by atoms with Crippen LogP contribution in [0.4, 0.5) is 13.2 Å². The molecule has 0 radical (unpaired) electrons. The molecule has 0 spiro atoms. The summed E-state index contributed by atoms with van der Waals surface area (Å²) >= 11 is 0. The van der Waals surface area contributed by atoms with Crippen molar-refractivity contribution in [3.8, 4) is 17.0 Å². The van der Waals surface area contributed by atoms with E-state index in [-0.39, 0.29) is 5.75 Å². The minimum absolute atomic E-state index is 0.313. The summed E-state index contributed by atoms with van der Waals surface area (Å²) in [5.41, 5.74) is 0.960. The Labute approximate surface area is 112 Å². The van der Waals surface area contributed by atoms with Gasteiger partial charge in [-0.25, -0.2) is 9.66 Å². The Balaban J connectivity index is 2.43. The topological polar surface area (TPSA) is 39.4 Å². The molecule has 1 aromatic carbocycles. The predicted molar refractivity (Wildman–Crippen MR) is 69.4 cm³/mol. The van der Waals surface area contributed by atoms with Crippen LogP contribution < -0.4 is 4.74 Å². The number of nitrogens with zero attached hydrogens (tertiary/aromatic N) is 3. The van der Waals surface area contributed by atoms with Crippen molar-refractivity contribution < 1.29 is 17.9 Å². The van der Waals surface area contributed by atoms with Crippen LogP contribution in [-0.4, -0.2) is 22.7 Å². The van der Waals surface area contributed by atoms with Crippen LogP contribution in [0.3, 0.4) is 0 Å². The lowest BCUT2D eigenvalue weighted by Gasteiger charge is -2.10. The van der Waals surface area contributed by atoms with E-state index in [1.165, 1.54) is 35.1 Å². The summed E-state index contributed by atoms with van der Waals surface area (Å²) in [7, 11) is 0. The van der Waals surface area contributed by atoms with Gasteiger partial charge in [-0.3, -0.25) is 0 Å². The summed E-state index contributed by atoms with van der Waals surface area (Å²) in [6, 6.07) is 5.53. The fourth-order valence-corrected chi connectivity index (χ4v) is 1.70. The molecule has 0 saturated heterocycles. The lowest BCUT2D eigenvalue weighted by atomic mass is 10.1. The third-order valence-corrected chi connectivity index (χ3v) is 2.45. The van der Waals surface area contributed by atoms with Gasteiger partial charge in [-0.2, -0.15) is 5.10 Å². The van der Waals surface area contributed by atoms with Crippen molar-refractivity contribution in [1.82, 2.24) is 9.66 Å². The molecule has 104 valence electrons. The fraction of sp³-hybridized carbons (Fsp3) is 0.0769. The van der Waals surface area contributed by atoms with Crippen molar-refractivity contribution in [3.63, 3.8) is 0 Å². The highest BCUT2D eigenvalue weighted by atomic mass is 19.4. The summed E-state index contributed by atoms with van der Waals surface area (Å²) in [5.74, 6) is 0.129. The number of rotatable bonds is 4. The van der Waals surface area contributed by atoms with Crippen LogP contribution in [0.2, 0.25) is 0 Å². The van der Waals surface area contributed by atoms with Gasteiger partial charge in [0.2, 0.25) is 0 Å². The van der Waals surface area contributed by atoms with Crippen LogP contribution >= 0.6 is 0 Å². The van der Waals surface area contributed by atoms with Crippen LogP contribution in [-0.2, 0) is 0 Å². The zero-order valence-electron chi connectivity index (χ0n) is 10.3. The van der Waals surface area contributed by atoms with Crippen molar-refractivity contribution in [3.05, 3.63) is 42.9 Å². The summed E-state index contributed by atoms with van der Waals surface area (Å²) in [5, 5.41) is 3.75. The molecule has 1 aromatic heterocycles. The molecule has 2 aromatic rings. The Morgan fingerprint density at radius 3 is 2.70 bits per heavy atom. The number of imidazole rings is 1. The molecule has 0 N–H and O–H groups in total. The van der Waals surface area contributed by atoms with Gasteiger partial charge in [0.05, 0.1) is 11.9 Å². The van der Waals surface area contributed by atoms with Gasteiger partial charge in [0.15, 0.2) is 5.82 Å². The van der Waals surface area contributed by atoms with Crippen molar-refractivity contribution in [2.45, 2.75) is 6.36 Å². The minimum atomic E-state index is -4.73. The Morgan fingerprint density at radius 1 is 1.35 bits per heavy atom. The number of hydrogen-bond donors (Lipinski definition) is 0. The molecule has 4 nitrogen and oxygen atoms in total. The molecule has 0 aliphatic heterocycles.